The second-order valence-corrected chi connectivity index (χ2v) is 5.40. The van der Waals surface area contributed by atoms with Crippen LogP contribution in [0.3, 0.4) is 0 Å². The van der Waals surface area contributed by atoms with E-state index in [1.165, 1.54) is 0 Å². The molecule has 3 unspecified atom stereocenters. The number of carbonyl (C=O) groups excluding carboxylic acids is 1. The van der Waals surface area contributed by atoms with Crippen molar-refractivity contribution in [2.75, 3.05) is 6.61 Å². The van der Waals surface area contributed by atoms with Crippen molar-refractivity contribution in [3.8, 4) is 0 Å². The lowest BCUT2D eigenvalue weighted by atomic mass is 9.97. The summed E-state index contributed by atoms with van der Waals surface area (Å²) in [7, 11) is 0. The van der Waals surface area contributed by atoms with Crippen molar-refractivity contribution in [2.24, 2.45) is 0 Å². The maximum absolute atomic E-state index is 11.5. The maximum atomic E-state index is 11.5. The van der Waals surface area contributed by atoms with Crippen molar-refractivity contribution in [3.05, 3.63) is 0 Å². The molecule has 0 aromatic carbocycles. The number of ether oxygens (including phenoxy) is 2. The van der Waals surface area contributed by atoms with Crippen LogP contribution < -0.4 is 5.32 Å². The number of aliphatic hydroxyl groups is 4. The first-order valence-electron chi connectivity index (χ1n) is 5.95. The summed E-state index contributed by atoms with van der Waals surface area (Å²) in [6, 6.07) is -1.24. The van der Waals surface area contributed by atoms with Crippen LogP contribution in [0.15, 0.2) is 0 Å². The first kappa shape index (κ1) is 16.1. The highest BCUT2D eigenvalue weighted by atomic mass is 16.6. The summed E-state index contributed by atoms with van der Waals surface area (Å²) in [5.74, 6) is 0. The van der Waals surface area contributed by atoms with Crippen LogP contribution in [-0.4, -0.2) is 69.4 Å². The molecule has 0 spiro atoms. The van der Waals surface area contributed by atoms with Crippen LogP contribution in [0.2, 0.25) is 0 Å². The molecule has 0 radical (unpaired) electrons. The molecule has 0 aromatic heterocycles. The van der Waals surface area contributed by atoms with Gasteiger partial charge in [0.15, 0.2) is 6.29 Å². The quantitative estimate of drug-likeness (QED) is 0.408. The molecule has 1 aliphatic rings. The molecule has 0 saturated carbocycles. The summed E-state index contributed by atoms with van der Waals surface area (Å²) in [4.78, 5) is 11.5. The van der Waals surface area contributed by atoms with Crippen molar-refractivity contribution in [1.29, 1.82) is 0 Å². The van der Waals surface area contributed by atoms with Crippen molar-refractivity contribution < 1.29 is 34.7 Å². The molecule has 8 heteroatoms. The lowest BCUT2D eigenvalue weighted by molar-refractivity contribution is -0.253. The molecule has 112 valence electrons. The normalized spacial score (nSPS) is 35.8. The van der Waals surface area contributed by atoms with Crippen molar-refractivity contribution >= 4 is 6.09 Å². The largest absolute Gasteiger partial charge is 0.444 e. The Balaban J connectivity index is 2.65. The minimum absolute atomic E-state index is 0.561. The third kappa shape index (κ3) is 4.29. The van der Waals surface area contributed by atoms with Gasteiger partial charge in [-0.1, -0.05) is 0 Å². The van der Waals surface area contributed by atoms with E-state index in [2.05, 4.69) is 5.32 Å². The molecular weight excluding hydrogens is 258 g/mol. The molecule has 0 aromatic rings. The molecule has 8 nitrogen and oxygen atoms in total. The highest BCUT2D eigenvalue weighted by Crippen LogP contribution is 2.20. The van der Waals surface area contributed by atoms with Gasteiger partial charge in [-0.2, -0.15) is 0 Å². The standard InChI is InChI=1S/C11H21NO7/c1-11(2,3)19-10(17)12-6-8(15)7(14)5(4-13)18-9(6)16/h5-9,13-16H,4H2,1-3H3,(H,12,17)/t5?,6?,7-,8-,9?/m1/s1. The SMILES string of the molecule is CC(C)(C)OC(=O)NC1C(O)OC(CO)[C@@H](O)[C@@H]1O. The third-order valence-electron chi connectivity index (χ3n) is 2.58. The maximum Gasteiger partial charge on any atom is 0.408 e. The Morgan fingerprint density at radius 1 is 1.26 bits per heavy atom. The fourth-order valence-electron chi connectivity index (χ4n) is 1.70. The number of hydrogen-bond donors (Lipinski definition) is 5. The molecule has 1 heterocycles. The van der Waals surface area contributed by atoms with E-state index in [0.29, 0.717) is 0 Å². The lowest BCUT2D eigenvalue weighted by Crippen LogP contribution is -2.64. The van der Waals surface area contributed by atoms with Gasteiger partial charge in [0.2, 0.25) is 0 Å². The molecule has 0 aliphatic carbocycles. The smallest absolute Gasteiger partial charge is 0.408 e. The number of aliphatic hydroxyl groups excluding tert-OH is 4. The monoisotopic (exact) mass is 279 g/mol. The molecule has 0 bridgehead atoms. The van der Waals surface area contributed by atoms with Crippen molar-refractivity contribution in [3.63, 3.8) is 0 Å². The van der Waals surface area contributed by atoms with Gasteiger partial charge in [-0.3, -0.25) is 0 Å². The van der Waals surface area contributed by atoms with Gasteiger partial charge in [-0.15, -0.1) is 0 Å². The number of amides is 1. The minimum Gasteiger partial charge on any atom is -0.444 e. The molecule has 1 saturated heterocycles. The Morgan fingerprint density at radius 3 is 2.32 bits per heavy atom. The Kier molecular flexibility index (Phi) is 5.11. The Morgan fingerprint density at radius 2 is 1.84 bits per heavy atom. The zero-order valence-corrected chi connectivity index (χ0v) is 11.1. The average Bonchev–Trinajstić information content (AvgIpc) is 2.27. The van der Waals surface area contributed by atoms with Gasteiger partial charge in [0.1, 0.15) is 30.0 Å². The van der Waals surface area contributed by atoms with Crippen molar-refractivity contribution in [2.45, 2.75) is 57.0 Å². The van der Waals surface area contributed by atoms with Crippen LogP contribution in [0.25, 0.3) is 0 Å². The molecule has 5 atom stereocenters. The molecule has 1 amide bonds. The summed E-state index contributed by atoms with van der Waals surface area (Å²) in [5.41, 5.74) is -0.734. The van der Waals surface area contributed by atoms with Crippen LogP contribution in [0, 0.1) is 0 Å². The third-order valence-corrected chi connectivity index (χ3v) is 2.58. The summed E-state index contributed by atoms with van der Waals surface area (Å²) in [6.45, 7) is 4.42. The van der Waals surface area contributed by atoms with Gasteiger partial charge < -0.3 is 35.2 Å². The van der Waals surface area contributed by atoms with E-state index in [1.807, 2.05) is 0 Å². The van der Waals surface area contributed by atoms with Crippen LogP contribution in [0.4, 0.5) is 4.79 Å². The van der Waals surface area contributed by atoms with Gasteiger partial charge in [0.05, 0.1) is 6.61 Å². The van der Waals surface area contributed by atoms with E-state index >= 15 is 0 Å². The van der Waals surface area contributed by atoms with E-state index in [9.17, 15) is 20.1 Å². The first-order chi connectivity index (χ1) is 8.65. The molecule has 19 heavy (non-hydrogen) atoms. The molecule has 5 N–H and O–H groups in total. The molecular formula is C11H21NO7. The zero-order chi connectivity index (χ0) is 14.8. The van der Waals surface area contributed by atoms with Gasteiger partial charge in [0.25, 0.3) is 0 Å². The molecule has 1 aliphatic heterocycles. The Bertz CT molecular complexity index is 317. The second-order valence-electron chi connectivity index (χ2n) is 5.40. The molecule has 1 fully saturated rings. The van der Waals surface area contributed by atoms with Crippen molar-refractivity contribution in [1.82, 2.24) is 5.32 Å². The predicted octanol–water partition coefficient (Wildman–Crippen LogP) is -1.69. The summed E-state index contributed by atoms with van der Waals surface area (Å²) >= 11 is 0. The number of hydrogen-bond acceptors (Lipinski definition) is 7. The zero-order valence-electron chi connectivity index (χ0n) is 11.1. The van der Waals surface area contributed by atoms with E-state index < -0.39 is 48.9 Å². The fraction of sp³-hybridized carbons (Fsp3) is 0.909. The fourth-order valence-corrected chi connectivity index (χ4v) is 1.70. The van der Waals surface area contributed by atoms with Crippen LogP contribution in [-0.2, 0) is 9.47 Å². The Labute approximate surface area is 110 Å². The van der Waals surface area contributed by atoms with E-state index in [0.717, 1.165) is 0 Å². The first-order valence-corrected chi connectivity index (χ1v) is 5.95. The highest BCUT2D eigenvalue weighted by Gasteiger charge is 2.44. The predicted molar refractivity (Wildman–Crippen MR) is 63.1 cm³/mol. The highest BCUT2D eigenvalue weighted by molar-refractivity contribution is 5.68. The average molecular weight is 279 g/mol. The van der Waals surface area contributed by atoms with Gasteiger partial charge >= 0.3 is 6.09 Å². The topological polar surface area (TPSA) is 128 Å². The molecule has 1 rings (SSSR count). The number of alkyl carbamates (subject to hydrolysis) is 1. The van der Waals surface area contributed by atoms with Gasteiger partial charge in [-0.05, 0) is 20.8 Å². The second kappa shape index (κ2) is 6.02. The summed E-state index contributed by atoms with van der Waals surface area (Å²) in [6.07, 6.45) is -6.42. The summed E-state index contributed by atoms with van der Waals surface area (Å²) < 4.78 is 9.85. The number of nitrogens with one attached hydrogen (secondary N) is 1. The minimum atomic E-state index is -1.55. The van der Waals surface area contributed by atoms with Crippen LogP contribution in [0.1, 0.15) is 20.8 Å². The number of carbonyl (C=O) groups is 1. The van der Waals surface area contributed by atoms with Crippen LogP contribution >= 0.6 is 0 Å². The van der Waals surface area contributed by atoms with E-state index in [1.54, 1.807) is 20.8 Å². The van der Waals surface area contributed by atoms with E-state index in [4.69, 9.17) is 14.6 Å². The summed E-state index contributed by atoms with van der Waals surface area (Å²) in [5, 5.41) is 40.2. The van der Waals surface area contributed by atoms with E-state index in [-0.39, 0.29) is 0 Å². The van der Waals surface area contributed by atoms with Gasteiger partial charge in [-0.25, -0.2) is 4.79 Å². The Hall–Kier alpha value is -0.930. The van der Waals surface area contributed by atoms with Gasteiger partial charge in [0, 0.05) is 0 Å². The number of rotatable bonds is 2. The lowest BCUT2D eigenvalue weighted by Gasteiger charge is -2.40. The van der Waals surface area contributed by atoms with Crippen LogP contribution in [0.5, 0.6) is 0 Å².